The second-order valence-corrected chi connectivity index (χ2v) is 4.91. The van der Waals surface area contributed by atoms with Crippen molar-refractivity contribution < 1.29 is 9.50 Å². The van der Waals surface area contributed by atoms with Crippen molar-refractivity contribution in [2.45, 2.75) is 32.3 Å². The van der Waals surface area contributed by atoms with Gasteiger partial charge in [0.1, 0.15) is 11.4 Å². The Morgan fingerprint density at radius 2 is 2.05 bits per heavy atom. The normalized spacial score (nSPS) is 14.1. The topological polar surface area (TPSA) is 33.1 Å². The molecule has 0 fully saturated rings. The first-order valence-corrected chi connectivity index (χ1v) is 6.43. The van der Waals surface area contributed by atoms with Crippen LogP contribution in [0.1, 0.15) is 30.2 Å². The molecule has 2 rings (SSSR count). The highest BCUT2D eigenvalue weighted by molar-refractivity contribution is 5.26. The Morgan fingerprint density at radius 1 is 1.26 bits per heavy atom. The summed E-state index contributed by atoms with van der Waals surface area (Å²) in [6, 6.07) is 10.9. The van der Waals surface area contributed by atoms with Crippen LogP contribution in [0.3, 0.4) is 0 Å². The zero-order valence-electron chi connectivity index (χ0n) is 11.2. The summed E-state index contributed by atoms with van der Waals surface area (Å²) in [5, 5.41) is 10.7. The molecule has 3 heteroatoms. The van der Waals surface area contributed by atoms with E-state index in [0.29, 0.717) is 18.5 Å². The molecule has 1 unspecified atom stereocenters. The molecule has 0 aliphatic heterocycles. The number of rotatable bonds is 4. The largest absolute Gasteiger partial charge is 0.383 e. The fourth-order valence-corrected chi connectivity index (χ4v) is 2.21. The van der Waals surface area contributed by atoms with E-state index < -0.39 is 11.4 Å². The van der Waals surface area contributed by atoms with E-state index in [1.807, 2.05) is 38.1 Å². The summed E-state index contributed by atoms with van der Waals surface area (Å²) in [5.74, 6) is -0.391. The van der Waals surface area contributed by atoms with Gasteiger partial charge >= 0.3 is 0 Å². The van der Waals surface area contributed by atoms with Gasteiger partial charge in [0.2, 0.25) is 0 Å². The average molecular weight is 259 g/mol. The van der Waals surface area contributed by atoms with Crippen LogP contribution in [-0.4, -0.2) is 10.1 Å². The molecule has 0 spiro atoms. The molecule has 0 bridgehead atoms. The third-order valence-electron chi connectivity index (χ3n) is 3.37. The quantitative estimate of drug-likeness (QED) is 0.913. The van der Waals surface area contributed by atoms with Crippen molar-refractivity contribution >= 4 is 0 Å². The zero-order valence-corrected chi connectivity index (χ0v) is 11.2. The molecule has 0 saturated carbocycles. The minimum Gasteiger partial charge on any atom is -0.383 e. The molecule has 0 saturated heterocycles. The van der Waals surface area contributed by atoms with Crippen LogP contribution in [0, 0.1) is 12.7 Å². The third kappa shape index (κ3) is 3.18. The van der Waals surface area contributed by atoms with Crippen LogP contribution >= 0.6 is 0 Å². The minimum atomic E-state index is -1.05. The number of benzene rings is 1. The van der Waals surface area contributed by atoms with E-state index in [2.05, 4.69) is 4.98 Å². The van der Waals surface area contributed by atoms with Gasteiger partial charge in [-0.3, -0.25) is 4.98 Å². The Morgan fingerprint density at radius 3 is 2.63 bits per heavy atom. The van der Waals surface area contributed by atoms with E-state index in [9.17, 15) is 9.50 Å². The van der Waals surface area contributed by atoms with E-state index in [0.717, 1.165) is 17.3 Å². The van der Waals surface area contributed by atoms with Crippen LogP contribution in [-0.2, 0) is 12.0 Å². The van der Waals surface area contributed by atoms with Gasteiger partial charge in [0, 0.05) is 6.42 Å². The highest BCUT2D eigenvalue weighted by Gasteiger charge is 2.29. The maximum atomic E-state index is 12.9. The summed E-state index contributed by atoms with van der Waals surface area (Å²) < 4.78 is 12.9. The maximum absolute atomic E-state index is 12.9. The highest BCUT2D eigenvalue weighted by atomic mass is 19.1. The summed E-state index contributed by atoms with van der Waals surface area (Å²) >= 11 is 0. The number of hydrogen-bond acceptors (Lipinski definition) is 2. The molecule has 0 aliphatic carbocycles. The lowest BCUT2D eigenvalue weighted by atomic mass is 9.88. The lowest BCUT2D eigenvalue weighted by Gasteiger charge is -2.26. The molecule has 0 amide bonds. The van der Waals surface area contributed by atoms with Crippen LogP contribution in [0.2, 0.25) is 0 Å². The smallest absolute Gasteiger partial charge is 0.141 e. The molecule has 19 heavy (non-hydrogen) atoms. The first-order valence-electron chi connectivity index (χ1n) is 6.43. The summed E-state index contributed by atoms with van der Waals surface area (Å²) in [4.78, 5) is 4.01. The van der Waals surface area contributed by atoms with Crippen LogP contribution in [0.4, 0.5) is 4.39 Å². The van der Waals surface area contributed by atoms with Gasteiger partial charge in [-0.25, -0.2) is 4.39 Å². The summed E-state index contributed by atoms with van der Waals surface area (Å²) in [7, 11) is 0. The third-order valence-corrected chi connectivity index (χ3v) is 3.37. The van der Waals surface area contributed by atoms with Crippen LogP contribution in [0.15, 0.2) is 42.6 Å². The van der Waals surface area contributed by atoms with E-state index in [4.69, 9.17) is 0 Å². The SMILES string of the molecule is CCC(O)(Cc1cccc(C)c1)c1ccc(F)cn1. The number of aryl methyl sites for hydroxylation is 1. The summed E-state index contributed by atoms with van der Waals surface area (Å²) in [6.45, 7) is 3.92. The molecule has 1 N–H and O–H groups in total. The molecular formula is C16H18FNO. The minimum absolute atomic E-state index is 0.391. The Bertz CT molecular complexity index is 553. The monoisotopic (exact) mass is 259 g/mol. The Labute approximate surface area is 112 Å². The number of halogens is 1. The van der Waals surface area contributed by atoms with Crippen molar-refractivity contribution in [1.29, 1.82) is 0 Å². The number of nitrogens with zero attached hydrogens (tertiary/aromatic N) is 1. The van der Waals surface area contributed by atoms with Gasteiger partial charge in [-0.15, -0.1) is 0 Å². The Kier molecular flexibility index (Phi) is 3.96. The molecular weight excluding hydrogens is 241 g/mol. The van der Waals surface area contributed by atoms with Crippen LogP contribution in [0.5, 0.6) is 0 Å². The van der Waals surface area contributed by atoms with Crippen molar-refractivity contribution in [1.82, 2.24) is 4.98 Å². The van der Waals surface area contributed by atoms with Gasteiger partial charge in [0.15, 0.2) is 0 Å². The Hall–Kier alpha value is -1.74. The standard InChI is InChI=1S/C16H18FNO/c1-3-16(19,15-8-7-14(17)11-18-15)10-13-6-4-5-12(2)9-13/h4-9,11,19H,3,10H2,1-2H3. The number of aromatic nitrogens is 1. The fraction of sp³-hybridized carbons (Fsp3) is 0.312. The average Bonchev–Trinajstić information content (AvgIpc) is 2.39. The van der Waals surface area contributed by atoms with E-state index >= 15 is 0 Å². The molecule has 1 atom stereocenters. The van der Waals surface area contributed by atoms with E-state index in [1.54, 1.807) is 6.07 Å². The van der Waals surface area contributed by atoms with Crippen molar-refractivity contribution in [2.75, 3.05) is 0 Å². The summed E-state index contributed by atoms with van der Waals surface area (Å²) in [6.07, 6.45) is 2.15. The van der Waals surface area contributed by atoms with E-state index in [1.165, 1.54) is 6.07 Å². The highest BCUT2D eigenvalue weighted by Crippen LogP contribution is 2.28. The van der Waals surface area contributed by atoms with Gasteiger partial charge in [0.25, 0.3) is 0 Å². The van der Waals surface area contributed by atoms with Crippen molar-refractivity contribution in [3.8, 4) is 0 Å². The van der Waals surface area contributed by atoms with Crippen molar-refractivity contribution in [3.63, 3.8) is 0 Å². The second kappa shape index (κ2) is 5.49. The first-order chi connectivity index (χ1) is 9.03. The molecule has 1 aromatic heterocycles. The molecule has 2 nitrogen and oxygen atoms in total. The van der Waals surface area contributed by atoms with Crippen molar-refractivity contribution in [3.05, 3.63) is 65.2 Å². The number of pyridine rings is 1. The Balaban J connectivity index is 2.29. The van der Waals surface area contributed by atoms with Gasteiger partial charge in [0.05, 0.1) is 11.9 Å². The van der Waals surface area contributed by atoms with Gasteiger partial charge < -0.3 is 5.11 Å². The lowest BCUT2D eigenvalue weighted by molar-refractivity contribution is 0.0282. The lowest BCUT2D eigenvalue weighted by Crippen LogP contribution is -2.29. The number of aliphatic hydroxyl groups is 1. The summed E-state index contributed by atoms with van der Waals surface area (Å²) in [5.41, 5.74) is 1.66. The maximum Gasteiger partial charge on any atom is 0.141 e. The first kappa shape index (κ1) is 13.7. The molecule has 1 heterocycles. The zero-order chi connectivity index (χ0) is 13.9. The van der Waals surface area contributed by atoms with Gasteiger partial charge in [-0.2, -0.15) is 0 Å². The van der Waals surface area contributed by atoms with E-state index in [-0.39, 0.29) is 0 Å². The molecule has 0 radical (unpaired) electrons. The van der Waals surface area contributed by atoms with Crippen molar-refractivity contribution in [2.24, 2.45) is 0 Å². The number of hydrogen-bond donors (Lipinski definition) is 1. The van der Waals surface area contributed by atoms with Crippen LogP contribution < -0.4 is 0 Å². The van der Waals surface area contributed by atoms with Crippen LogP contribution in [0.25, 0.3) is 0 Å². The second-order valence-electron chi connectivity index (χ2n) is 4.91. The molecule has 2 aromatic rings. The molecule has 0 aliphatic rings. The predicted molar refractivity (Wildman–Crippen MR) is 73.3 cm³/mol. The predicted octanol–water partition coefficient (Wildman–Crippen LogP) is 3.37. The fourth-order valence-electron chi connectivity index (χ4n) is 2.21. The molecule has 1 aromatic carbocycles. The molecule has 100 valence electrons. The van der Waals surface area contributed by atoms with Gasteiger partial charge in [-0.1, -0.05) is 36.8 Å². The van der Waals surface area contributed by atoms with Gasteiger partial charge in [-0.05, 0) is 31.0 Å².